The fourth-order valence-electron chi connectivity index (χ4n) is 2.06. The molecular formula is C15H16N4S. The van der Waals surface area contributed by atoms with Gasteiger partial charge in [-0.25, -0.2) is 9.67 Å². The Morgan fingerprint density at radius 2 is 2.20 bits per heavy atom. The SMILES string of the molecule is Cc1nc(C(C)Nc2cccc(-n3cccn3)c2)cs1. The molecule has 3 rings (SSSR count). The van der Waals surface area contributed by atoms with Gasteiger partial charge in [-0.3, -0.25) is 0 Å². The summed E-state index contributed by atoms with van der Waals surface area (Å²) in [6.45, 7) is 4.15. The summed E-state index contributed by atoms with van der Waals surface area (Å²) in [6, 6.07) is 10.3. The van der Waals surface area contributed by atoms with E-state index < -0.39 is 0 Å². The zero-order chi connectivity index (χ0) is 13.9. The van der Waals surface area contributed by atoms with Crippen molar-refractivity contribution in [1.29, 1.82) is 0 Å². The van der Waals surface area contributed by atoms with Crippen molar-refractivity contribution in [2.24, 2.45) is 0 Å². The minimum absolute atomic E-state index is 0.188. The molecule has 5 heteroatoms. The number of hydrogen-bond acceptors (Lipinski definition) is 4. The Bertz CT molecular complexity index is 687. The van der Waals surface area contributed by atoms with Gasteiger partial charge in [-0.2, -0.15) is 5.10 Å². The van der Waals surface area contributed by atoms with Crippen molar-refractivity contribution in [1.82, 2.24) is 14.8 Å². The number of nitrogens with zero attached hydrogens (tertiary/aromatic N) is 3. The number of benzene rings is 1. The molecule has 0 amide bonds. The van der Waals surface area contributed by atoms with Crippen LogP contribution in [-0.4, -0.2) is 14.8 Å². The first-order valence-electron chi connectivity index (χ1n) is 6.51. The lowest BCUT2D eigenvalue weighted by Gasteiger charge is -2.14. The second kappa shape index (κ2) is 5.46. The summed E-state index contributed by atoms with van der Waals surface area (Å²) in [5, 5.41) is 10.9. The molecule has 2 aromatic heterocycles. The lowest BCUT2D eigenvalue weighted by atomic mass is 10.2. The predicted octanol–water partition coefficient (Wildman–Crippen LogP) is 3.81. The van der Waals surface area contributed by atoms with E-state index in [4.69, 9.17) is 0 Å². The summed E-state index contributed by atoms with van der Waals surface area (Å²) in [5.74, 6) is 0. The zero-order valence-electron chi connectivity index (χ0n) is 11.4. The van der Waals surface area contributed by atoms with Crippen LogP contribution < -0.4 is 5.32 Å². The Labute approximate surface area is 122 Å². The average Bonchev–Trinajstić information content (AvgIpc) is 3.10. The zero-order valence-corrected chi connectivity index (χ0v) is 12.3. The summed E-state index contributed by atoms with van der Waals surface area (Å²) < 4.78 is 1.85. The van der Waals surface area contributed by atoms with Crippen molar-refractivity contribution in [3.63, 3.8) is 0 Å². The molecule has 0 radical (unpaired) electrons. The first-order valence-corrected chi connectivity index (χ1v) is 7.39. The van der Waals surface area contributed by atoms with E-state index in [0.29, 0.717) is 0 Å². The Morgan fingerprint density at radius 1 is 1.30 bits per heavy atom. The van der Waals surface area contributed by atoms with Gasteiger partial charge >= 0.3 is 0 Å². The van der Waals surface area contributed by atoms with Crippen LogP contribution in [0, 0.1) is 6.92 Å². The summed E-state index contributed by atoms with van der Waals surface area (Å²) in [6.07, 6.45) is 3.72. The van der Waals surface area contributed by atoms with Crippen LogP contribution in [0.15, 0.2) is 48.1 Å². The van der Waals surface area contributed by atoms with Gasteiger partial charge in [0.15, 0.2) is 0 Å². The summed E-state index contributed by atoms with van der Waals surface area (Å²) in [5.41, 5.74) is 3.19. The van der Waals surface area contributed by atoms with Crippen molar-refractivity contribution in [3.05, 3.63) is 58.8 Å². The lowest BCUT2D eigenvalue weighted by molar-refractivity contribution is 0.842. The predicted molar refractivity (Wildman–Crippen MR) is 82.5 cm³/mol. The summed E-state index contributed by atoms with van der Waals surface area (Å²) >= 11 is 1.68. The number of hydrogen-bond donors (Lipinski definition) is 1. The van der Waals surface area contributed by atoms with Gasteiger partial charge in [-0.1, -0.05) is 6.07 Å². The van der Waals surface area contributed by atoms with E-state index in [1.54, 1.807) is 17.5 Å². The van der Waals surface area contributed by atoms with Gasteiger partial charge in [0.2, 0.25) is 0 Å². The van der Waals surface area contributed by atoms with Crippen LogP contribution in [0.3, 0.4) is 0 Å². The molecule has 0 saturated heterocycles. The number of rotatable bonds is 4. The van der Waals surface area contributed by atoms with Crippen LogP contribution in [0.1, 0.15) is 23.7 Å². The van der Waals surface area contributed by atoms with Crippen LogP contribution in [0.4, 0.5) is 5.69 Å². The van der Waals surface area contributed by atoms with Crippen LogP contribution >= 0.6 is 11.3 Å². The van der Waals surface area contributed by atoms with Gasteiger partial charge in [-0.05, 0) is 38.1 Å². The number of nitrogens with one attached hydrogen (secondary N) is 1. The molecule has 0 aliphatic heterocycles. The van der Waals surface area contributed by atoms with Crippen molar-refractivity contribution in [2.75, 3.05) is 5.32 Å². The summed E-state index contributed by atoms with van der Waals surface area (Å²) in [7, 11) is 0. The highest BCUT2D eigenvalue weighted by molar-refractivity contribution is 7.09. The average molecular weight is 284 g/mol. The lowest BCUT2D eigenvalue weighted by Crippen LogP contribution is -2.07. The highest BCUT2D eigenvalue weighted by atomic mass is 32.1. The topological polar surface area (TPSA) is 42.7 Å². The van der Waals surface area contributed by atoms with Gasteiger partial charge < -0.3 is 5.32 Å². The smallest absolute Gasteiger partial charge is 0.0898 e. The van der Waals surface area contributed by atoms with Crippen LogP contribution in [0.2, 0.25) is 0 Å². The maximum absolute atomic E-state index is 4.52. The van der Waals surface area contributed by atoms with Crippen molar-refractivity contribution >= 4 is 17.0 Å². The third kappa shape index (κ3) is 2.72. The second-order valence-electron chi connectivity index (χ2n) is 4.66. The third-order valence-electron chi connectivity index (χ3n) is 3.08. The Hall–Kier alpha value is -2.14. The molecule has 4 nitrogen and oxygen atoms in total. The van der Waals surface area contributed by atoms with E-state index in [1.165, 1.54) is 0 Å². The molecule has 0 bridgehead atoms. The quantitative estimate of drug-likeness (QED) is 0.792. The fourth-order valence-corrected chi connectivity index (χ4v) is 2.77. The molecule has 0 aliphatic carbocycles. The first-order chi connectivity index (χ1) is 9.72. The van der Waals surface area contributed by atoms with Gasteiger partial charge in [-0.15, -0.1) is 11.3 Å². The molecular weight excluding hydrogens is 268 g/mol. The number of anilines is 1. The van der Waals surface area contributed by atoms with E-state index in [9.17, 15) is 0 Å². The van der Waals surface area contributed by atoms with Crippen LogP contribution in [0.25, 0.3) is 5.69 Å². The van der Waals surface area contributed by atoms with E-state index in [2.05, 4.69) is 39.8 Å². The molecule has 1 N–H and O–H groups in total. The van der Waals surface area contributed by atoms with Gasteiger partial charge in [0, 0.05) is 23.5 Å². The molecule has 1 aromatic carbocycles. The van der Waals surface area contributed by atoms with Crippen LogP contribution in [-0.2, 0) is 0 Å². The second-order valence-corrected chi connectivity index (χ2v) is 5.72. The molecule has 0 aliphatic rings. The molecule has 2 heterocycles. The molecule has 3 aromatic rings. The molecule has 20 heavy (non-hydrogen) atoms. The van der Waals surface area contributed by atoms with E-state index in [1.807, 2.05) is 36.0 Å². The molecule has 102 valence electrons. The van der Waals surface area contributed by atoms with Crippen molar-refractivity contribution in [2.45, 2.75) is 19.9 Å². The van der Waals surface area contributed by atoms with Gasteiger partial charge in [0.05, 0.1) is 22.4 Å². The Morgan fingerprint density at radius 3 is 2.90 bits per heavy atom. The van der Waals surface area contributed by atoms with E-state index >= 15 is 0 Å². The minimum atomic E-state index is 0.188. The monoisotopic (exact) mass is 284 g/mol. The highest BCUT2D eigenvalue weighted by Gasteiger charge is 2.09. The van der Waals surface area contributed by atoms with Crippen molar-refractivity contribution < 1.29 is 0 Å². The van der Waals surface area contributed by atoms with Crippen molar-refractivity contribution in [3.8, 4) is 5.69 Å². The van der Waals surface area contributed by atoms with Gasteiger partial charge in [0.25, 0.3) is 0 Å². The third-order valence-corrected chi connectivity index (χ3v) is 3.87. The van der Waals surface area contributed by atoms with E-state index in [0.717, 1.165) is 22.1 Å². The molecule has 0 saturated carbocycles. The molecule has 0 fully saturated rings. The normalized spacial score (nSPS) is 12.3. The standard InChI is InChI=1S/C15H16N4S/c1-11(15-10-20-12(2)18-15)17-13-5-3-6-14(9-13)19-8-4-7-16-19/h3-11,17H,1-2H3. The highest BCUT2D eigenvalue weighted by Crippen LogP contribution is 2.22. The largest absolute Gasteiger partial charge is 0.377 e. The maximum atomic E-state index is 4.52. The minimum Gasteiger partial charge on any atom is -0.377 e. The Balaban J connectivity index is 1.79. The number of aryl methyl sites for hydroxylation is 1. The number of aromatic nitrogens is 3. The number of thiazole rings is 1. The first kappa shape index (κ1) is 12.9. The molecule has 0 spiro atoms. The Kier molecular flexibility index (Phi) is 3.52. The van der Waals surface area contributed by atoms with E-state index in [-0.39, 0.29) is 6.04 Å². The van der Waals surface area contributed by atoms with Gasteiger partial charge in [0.1, 0.15) is 0 Å². The maximum Gasteiger partial charge on any atom is 0.0898 e. The van der Waals surface area contributed by atoms with Crippen LogP contribution in [0.5, 0.6) is 0 Å². The molecule has 1 unspecified atom stereocenters. The molecule has 1 atom stereocenters. The fraction of sp³-hybridized carbons (Fsp3) is 0.200. The summed E-state index contributed by atoms with van der Waals surface area (Å²) in [4.78, 5) is 4.52.